The summed E-state index contributed by atoms with van der Waals surface area (Å²) in [6.07, 6.45) is 4.13. The monoisotopic (exact) mass is 448 g/mol. The summed E-state index contributed by atoms with van der Waals surface area (Å²) in [5.41, 5.74) is 2.15. The van der Waals surface area contributed by atoms with Crippen LogP contribution in [0.3, 0.4) is 0 Å². The van der Waals surface area contributed by atoms with Crippen molar-refractivity contribution in [3.8, 4) is 5.75 Å². The smallest absolute Gasteiger partial charge is 0.274 e. The van der Waals surface area contributed by atoms with Crippen LogP contribution in [0.15, 0.2) is 66.9 Å². The van der Waals surface area contributed by atoms with Crippen molar-refractivity contribution in [1.29, 1.82) is 0 Å². The summed E-state index contributed by atoms with van der Waals surface area (Å²) in [5.74, 6) is -2.96. The molecule has 1 saturated heterocycles. The van der Waals surface area contributed by atoms with Crippen molar-refractivity contribution < 1.29 is 18.7 Å². The van der Waals surface area contributed by atoms with E-state index in [4.69, 9.17) is 0 Å². The van der Waals surface area contributed by atoms with Gasteiger partial charge >= 0.3 is 0 Å². The molecular weight excluding hydrogens is 422 g/mol. The van der Waals surface area contributed by atoms with Gasteiger partial charge in [0.15, 0.2) is 0 Å². The van der Waals surface area contributed by atoms with Gasteiger partial charge in [-0.25, -0.2) is 13.8 Å². The Hall–Kier alpha value is -3.28. The van der Waals surface area contributed by atoms with Crippen LogP contribution in [0.4, 0.5) is 14.6 Å². The van der Waals surface area contributed by atoms with Crippen LogP contribution in [0.2, 0.25) is 0 Å². The molecule has 0 saturated carbocycles. The summed E-state index contributed by atoms with van der Waals surface area (Å²) in [4.78, 5) is 17.9. The molecule has 1 aliphatic carbocycles. The first-order valence-corrected chi connectivity index (χ1v) is 11.4. The number of benzene rings is 2. The minimum atomic E-state index is -3.04. The average molecular weight is 449 g/mol. The number of alkyl halides is 2. The Morgan fingerprint density at radius 2 is 1.76 bits per heavy atom. The molecule has 0 bridgehead atoms. The average Bonchev–Trinajstić information content (AvgIpc) is 2.85. The Bertz CT molecular complexity index is 1130. The number of phenolic OH excluding ortho intramolecular Hbond substituents is 1. The van der Waals surface area contributed by atoms with Crippen LogP contribution >= 0.6 is 0 Å². The first kappa shape index (κ1) is 21.6. The number of pyridine rings is 1. The number of rotatable bonds is 4. The summed E-state index contributed by atoms with van der Waals surface area (Å²) < 4.78 is 30.4. The number of fused-ring (bicyclic) bond motifs is 1. The molecule has 0 unspecified atom stereocenters. The lowest BCUT2D eigenvalue weighted by Gasteiger charge is -2.39. The molecule has 2 heterocycles. The molecule has 2 aliphatic rings. The molecule has 1 aliphatic heterocycles. The van der Waals surface area contributed by atoms with Gasteiger partial charge in [-0.15, -0.1) is 0 Å². The Balaban J connectivity index is 1.53. The molecule has 1 aromatic heterocycles. The van der Waals surface area contributed by atoms with E-state index in [-0.39, 0.29) is 29.6 Å². The number of hydrogen-bond donors (Lipinski definition) is 1. The summed E-state index contributed by atoms with van der Waals surface area (Å²) in [6, 6.07) is 17.7. The first-order chi connectivity index (χ1) is 16.0. The Kier molecular flexibility index (Phi) is 5.60. The number of anilines is 1. The number of phenols is 1. The van der Waals surface area contributed by atoms with Gasteiger partial charge in [-0.05, 0) is 47.7 Å². The van der Waals surface area contributed by atoms with Gasteiger partial charge in [-0.2, -0.15) is 0 Å². The van der Waals surface area contributed by atoms with Gasteiger partial charge in [-0.1, -0.05) is 42.5 Å². The lowest BCUT2D eigenvalue weighted by Crippen LogP contribution is -2.34. The molecule has 5 rings (SSSR count). The van der Waals surface area contributed by atoms with E-state index in [0.29, 0.717) is 5.56 Å². The Labute approximate surface area is 191 Å². The second-order valence-electron chi connectivity index (χ2n) is 9.09. The maximum absolute atomic E-state index is 15.2. The maximum atomic E-state index is 15.2. The summed E-state index contributed by atoms with van der Waals surface area (Å²) in [7, 11) is 0. The second-order valence-corrected chi connectivity index (χ2v) is 9.09. The predicted octanol–water partition coefficient (Wildman–Crippen LogP) is 5.61. The highest BCUT2D eigenvalue weighted by atomic mass is 19.3. The van der Waals surface area contributed by atoms with Gasteiger partial charge in [0, 0.05) is 49.0 Å². The highest BCUT2D eigenvalue weighted by molar-refractivity contribution is 5.55. The number of aromatic nitrogens is 1. The van der Waals surface area contributed by atoms with E-state index in [9.17, 15) is 9.90 Å². The van der Waals surface area contributed by atoms with Crippen LogP contribution in [0.5, 0.6) is 5.75 Å². The van der Waals surface area contributed by atoms with Crippen molar-refractivity contribution in [1.82, 2.24) is 4.98 Å². The molecule has 4 nitrogen and oxygen atoms in total. The van der Waals surface area contributed by atoms with E-state index in [2.05, 4.69) is 9.88 Å². The zero-order valence-corrected chi connectivity index (χ0v) is 18.2. The zero-order chi connectivity index (χ0) is 23.0. The number of hydrogen-bond acceptors (Lipinski definition) is 4. The first-order valence-electron chi connectivity index (χ1n) is 11.4. The summed E-state index contributed by atoms with van der Waals surface area (Å²) in [6.45, 7) is 1.56. The normalized spacial score (nSPS) is 22.5. The number of nitrogens with zero attached hydrogens (tertiary/aromatic N) is 2. The van der Waals surface area contributed by atoms with Crippen molar-refractivity contribution >= 4 is 12.1 Å². The Morgan fingerprint density at radius 1 is 1.00 bits per heavy atom. The molecule has 0 radical (unpaired) electrons. The fraction of sp³-hybridized carbons (Fsp3) is 0.333. The van der Waals surface area contributed by atoms with Gasteiger partial charge in [0.2, 0.25) is 0 Å². The van der Waals surface area contributed by atoms with Crippen LogP contribution in [0.25, 0.3) is 0 Å². The second kappa shape index (κ2) is 8.58. The van der Waals surface area contributed by atoms with Gasteiger partial charge in [0.05, 0.1) is 0 Å². The highest BCUT2D eigenvalue weighted by Gasteiger charge is 2.47. The standard InChI is InChI=1S/C27H26F2N2O2/c28-27(29)15-23(19-4-2-1-3-5-19)26(22-8-7-21(33)14-24(22)27)20-6-9-25(30-16-20)31-12-10-18(17-32)11-13-31/h1-9,14,16-18,23,26,33H,10-13,15H2/t23-,26-/m0/s1. The van der Waals surface area contributed by atoms with Crippen LogP contribution in [0.1, 0.15) is 53.4 Å². The zero-order valence-electron chi connectivity index (χ0n) is 18.2. The molecule has 6 heteroatoms. The molecule has 0 amide bonds. The number of carbonyl (C=O) groups excluding carboxylic acids is 1. The van der Waals surface area contributed by atoms with E-state index >= 15 is 8.78 Å². The lowest BCUT2D eigenvalue weighted by molar-refractivity contribution is -0.111. The molecule has 170 valence electrons. The van der Waals surface area contributed by atoms with Crippen LogP contribution in [0, 0.1) is 5.92 Å². The topological polar surface area (TPSA) is 53.4 Å². The highest BCUT2D eigenvalue weighted by Crippen LogP contribution is 2.54. The SMILES string of the molecule is O=CC1CCN(c2ccc([C@H]3c4ccc(O)cc4C(F)(F)C[C@H]3c3ccccc3)cn2)CC1. The van der Waals surface area contributed by atoms with Crippen molar-refractivity contribution in [2.24, 2.45) is 5.92 Å². The Morgan fingerprint density at radius 3 is 2.42 bits per heavy atom. The molecule has 1 fully saturated rings. The molecule has 0 spiro atoms. The fourth-order valence-corrected chi connectivity index (χ4v) is 5.31. The van der Waals surface area contributed by atoms with Crippen molar-refractivity contribution in [2.45, 2.75) is 37.0 Å². The number of piperidine rings is 1. The van der Waals surface area contributed by atoms with Crippen molar-refractivity contribution in [3.63, 3.8) is 0 Å². The van der Waals surface area contributed by atoms with Gasteiger partial charge in [-0.3, -0.25) is 0 Å². The van der Waals surface area contributed by atoms with Gasteiger partial charge < -0.3 is 14.8 Å². The van der Waals surface area contributed by atoms with Crippen molar-refractivity contribution in [3.05, 3.63) is 89.1 Å². The largest absolute Gasteiger partial charge is 0.508 e. The maximum Gasteiger partial charge on any atom is 0.274 e. The number of carbonyl (C=O) groups is 1. The molecule has 2 atom stereocenters. The minimum Gasteiger partial charge on any atom is -0.508 e. The molecule has 1 N–H and O–H groups in total. The quantitative estimate of drug-likeness (QED) is 0.527. The lowest BCUT2D eigenvalue weighted by atomic mass is 9.68. The molecule has 3 aromatic rings. The third-order valence-electron chi connectivity index (χ3n) is 7.06. The third-order valence-corrected chi connectivity index (χ3v) is 7.06. The number of aldehydes is 1. The van der Waals surface area contributed by atoms with E-state index in [1.165, 1.54) is 12.1 Å². The van der Waals surface area contributed by atoms with E-state index in [1.54, 1.807) is 12.3 Å². The van der Waals surface area contributed by atoms with Crippen LogP contribution < -0.4 is 4.90 Å². The van der Waals surface area contributed by atoms with E-state index < -0.39 is 11.8 Å². The summed E-state index contributed by atoms with van der Waals surface area (Å²) >= 11 is 0. The number of halogens is 2. The number of aromatic hydroxyl groups is 1. The minimum absolute atomic E-state index is 0.111. The molecule has 33 heavy (non-hydrogen) atoms. The summed E-state index contributed by atoms with van der Waals surface area (Å²) in [5, 5.41) is 9.90. The van der Waals surface area contributed by atoms with E-state index in [1.807, 2.05) is 42.5 Å². The fourth-order valence-electron chi connectivity index (χ4n) is 5.31. The van der Waals surface area contributed by atoms with E-state index in [0.717, 1.165) is 49.2 Å². The molecular formula is C27H26F2N2O2. The van der Waals surface area contributed by atoms with Gasteiger partial charge in [0.1, 0.15) is 17.9 Å². The predicted molar refractivity (Wildman–Crippen MR) is 123 cm³/mol. The van der Waals surface area contributed by atoms with Crippen molar-refractivity contribution in [2.75, 3.05) is 18.0 Å². The van der Waals surface area contributed by atoms with Crippen LogP contribution in [-0.4, -0.2) is 29.5 Å². The van der Waals surface area contributed by atoms with Gasteiger partial charge in [0.25, 0.3) is 5.92 Å². The van der Waals surface area contributed by atoms with Crippen LogP contribution in [-0.2, 0) is 10.7 Å². The third kappa shape index (κ3) is 4.10. The molecule has 2 aromatic carbocycles.